The van der Waals surface area contributed by atoms with Crippen LogP contribution in [0.4, 0.5) is 8.78 Å². The largest absolute Gasteiger partial charge is 0.319 e. The Morgan fingerprint density at radius 3 is 2.70 bits per heavy atom. The molecule has 1 nitrogen and oxygen atoms in total. The monoisotopic (exact) mass is 145 g/mol. The van der Waals surface area contributed by atoms with Crippen molar-refractivity contribution in [3.8, 4) is 0 Å². The molecule has 1 rings (SSSR count). The first-order valence-electron chi connectivity index (χ1n) is 3.03. The molecule has 0 aromatic carbocycles. The Morgan fingerprint density at radius 1 is 1.70 bits per heavy atom. The SMILES string of the molecule is CC1(F)C=CC=C(F)[C@@H]1N. The molecule has 0 amide bonds. The molecule has 1 unspecified atom stereocenters. The lowest BCUT2D eigenvalue weighted by Crippen LogP contribution is -2.42. The van der Waals surface area contributed by atoms with E-state index < -0.39 is 17.5 Å². The zero-order valence-electron chi connectivity index (χ0n) is 5.64. The van der Waals surface area contributed by atoms with E-state index in [0.29, 0.717) is 0 Å². The van der Waals surface area contributed by atoms with Gasteiger partial charge in [0.15, 0.2) is 0 Å². The van der Waals surface area contributed by atoms with Crippen molar-refractivity contribution in [1.29, 1.82) is 0 Å². The highest BCUT2D eigenvalue weighted by Crippen LogP contribution is 2.25. The van der Waals surface area contributed by atoms with Crippen LogP contribution in [0, 0.1) is 0 Å². The van der Waals surface area contributed by atoms with E-state index in [9.17, 15) is 8.78 Å². The van der Waals surface area contributed by atoms with Gasteiger partial charge in [0.25, 0.3) is 0 Å². The molecule has 1 aliphatic carbocycles. The molecular weight excluding hydrogens is 136 g/mol. The van der Waals surface area contributed by atoms with Crippen LogP contribution in [0.5, 0.6) is 0 Å². The summed E-state index contributed by atoms with van der Waals surface area (Å²) >= 11 is 0. The molecule has 2 atom stereocenters. The molecular formula is C7H9F2N. The van der Waals surface area contributed by atoms with Gasteiger partial charge in [0, 0.05) is 0 Å². The first-order chi connectivity index (χ1) is 4.54. The number of alkyl halides is 1. The number of nitrogens with two attached hydrogens (primary N) is 1. The topological polar surface area (TPSA) is 26.0 Å². The molecule has 1 aliphatic rings. The molecule has 0 saturated carbocycles. The minimum absolute atomic E-state index is 0.604. The predicted octanol–water partition coefficient (Wildman–Crippen LogP) is 1.47. The van der Waals surface area contributed by atoms with E-state index in [2.05, 4.69) is 0 Å². The van der Waals surface area contributed by atoms with E-state index in [1.165, 1.54) is 25.2 Å². The average Bonchev–Trinajstić information content (AvgIpc) is 1.83. The minimum Gasteiger partial charge on any atom is -0.319 e. The summed E-state index contributed by atoms with van der Waals surface area (Å²) in [6, 6.07) is -1.14. The van der Waals surface area contributed by atoms with Gasteiger partial charge in [-0.05, 0) is 19.1 Å². The second kappa shape index (κ2) is 2.16. The molecule has 0 bridgehead atoms. The van der Waals surface area contributed by atoms with Crippen molar-refractivity contribution in [3.05, 3.63) is 24.1 Å². The van der Waals surface area contributed by atoms with Gasteiger partial charge in [-0.15, -0.1) is 0 Å². The van der Waals surface area contributed by atoms with Crippen LogP contribution in [-0.4, -0.2) is 11.7 Å². The van der Waals surface area contributed by atoms with Gasteiger partial charge in [-0.1, -0.05) is 6.08 Å². The quantitative estimate of drug-likeness (QED) is 0.548. The molecule has 0 aromatic rings. The normalized spacial score (nSPS) is 39.6. The first kappa shape index (κ1) is 7.41. The van der Waals surface area contributed by atoms with Crippen LogP contribution in [-0.2, 0) is 0 Å². The van der Waals surface area contributed by atoms with Crippen molar-refractivity contribution >= 4 is 0 Å². The van der Waals surface area contributed by atoms with Gasteiger partial charge in [-0.3, -0.25) is 0 Å². The maximum Gasteiger partial charge on any atom is 0.148 e. The van der Waals surface area contributed by atoms with E-state index >= 15 is 0 Å². The molecule has 0 radical (unpaired) electrons. The molecule has 56 valence electrons. The number of halogens is 2. The van der Waals surface area contributed by atoms with Crippen LogP contribution in [0.25, 0.3) is 0 Å². The van der Waals surface area contributed by atoms with Crippen LogP contribution in [0.3, 0.4) is 0 Å². The predicted molar refractivity (Wildman–Crippen MR) is 35.8 cm³/mol. The van der Waals surface area contributed by atoms with Crippen molar-refractivity contribution in [2.24, 2.45) is 5.73 Å². The minimum atomic E-state index is -1.74. The maximum atomic E-state index is 13.0. The van der Waals surface area contributed by atoms with Crippen LogP contribution >= 0.6 is 0 Å². The van der Waals surface area contributed by atoms with Gasteiger partial charge >= 0.3 is 0 Å². The van der Waals surface area contributed by atoms with Gasteiger partial charge in [0.05, 0.1) is 6.04 Å². The Kier molecular flexibility index (Phi) is 1.60. The summed E-state index contributed by atoms with van der Waals surface area (Å²) in [5, 5.41) is 0. The summed E-state index contributed by atoms with van der Waals surface area (Å²) in [4.78, 5) is 0. The Morgan fingerprint density at radius 2 is 2.30 bits per heavy atom. The fourth-order valence-electron chi connectivity index (χ4n) is 0.805. The Hall–Kier alpha value is -0.700. The summed E-state index contributed by atoms with van der Waals surface area (Å²) in [5.41, 5.74) is 3.45. The van der Waals surface area contributed by atoms with E-state index in [-0.39, 0.29) is 0 Å². The molecule has 0 spiro atoms. The van der Waals surface area contributed by atoms with Gasteiger partial charge in [-0.2, -0.15) is 0 Å². The molecule has 0 fully saturated rings. The van der Waals surface area contributed by atoms with Gasteiger partial charge in [0.2, 0.25) is 0 Å². The summed E-state index contributed by atoms with van der Waals surface area (Å²) in [6.07, 6.45) is 3.76. The molecule has 10 heavy (non-hydrogen) atoms. The van der Waals surface area contributed by atoms with Crippen molar-refractivity contribution in [1.82, 2.24) is 0 Å². The smallest absolute Gasteiger partial charge is 0.148 e. The Labute approximate surface area is 58.2 Å². The standard InChI is InChI=1S/C7H9F2N/c1-7(9)4-2-3-5(8)6(7)10/h2-4,6H,10H2,1H3/t6-,7?/m0/s1. The third-order valence-corrected chi connectivity index (χ3v) is 1.58. The fourth-order valence-corrected chi connectivity index (χ4v) is 0.805. The van der Waals surface area contributed by atoms with Crippen molar-refractivity contribution in [3.63, 3.8) is 0 Å². The molecule has 0 aliphatic heterocycles. The van der Waals surface area contributed by atoms with E-state index in [1.54, 1.807) is 0 Å². The Balaban J connectivity index is 2.89. The van der Waals surface area contributed by atoms with Crippen LogP contribution < -0.4 is 5.73 Å². The van der Waals surface area contributed by atoms with Crippen LogP contribution in [0.1, 0.15) is 6.92 Å². The van der Waals surface area contributed by atoms with E-state index in [1.807, 2.05) is 0 Å². The van der Waals surface area contributed by atoms with Crippen molar-refractivity contribution in [2.75, 3.05) is 0 Å². The van der Waals surface area contributed by atoms with Crippen molar-refractivity contribution < 1.29 is 8.78 Å². The number of hydrogen-bond acceptors (Lipinski definition) is 1. The van der Waals surface area contributed by atoms with Crippen molar-refractivity contribution in [2.45, 2.75) is 18.6 Å². The second-order valence-electron chi connectivity index (χ2n) is 2.54. The summed E-state index contributed by atoms with van der Waals surface area (Å²) in [7, 11) is 0. The molecule has 0 saturated heterocycles. The van der Waals surface area contributed by atoms with Crippen LogP contribution in [0.15, 0.2) is 24.1 Å². The lowest BCUT2D eigenvalue weighted by Gasteiger charge is -2.24. The lowest BCUT2D eigenvalue weighted by atomic mass is 9.94. The highest BCUT2D eigenvalue weighted by molar-refractivity contribution is 5.26. The van der Waals surface area contributed by atoms with E-state index in [4.69, 9.17) is 5.73 Å². The number of allylic oxidation sites excluding steroid dienone is 2. The average molecular weight is 145 g/mol. The fraction of sp³-hybridized carbons (Fsp3) is 0.429. The highest BCUT2D eigenvalue weighted by atomic mass is 19.2. The van der Waals surface area contributed by atoms with Gasteiger partial charge in [-0.25, -0.2) is 8.78 Å². The molecule has 2 N–H and O–H groups in total. The third-order valence-electron chi connectivity index (χ3n) is 1.58. The zero-order chi connectivity index (χ0) is 7.78. The summed E-state index contributed by atoms with van der Waals surface area (Å²) in [6.45, 7) is 1.25. The van der Waals surface area contributed by atoms with E-state index in [0.717, 1.165) is 0 Å². The van der Waals surface area contributed by atoms with Gasteiger partial charge < -0.3 is 5.73 Å². The summed E-state index contributed by atoms with van der Waals surface area (Å²) in [5.74, 6) is -0.604. The Bertz CT molecular complexity index is 194. The number of rotatable bonds is 0. The second-order valence-corrected chi connectivity index (χ2v) is 2.54. The lowest BCUT2D eigenvalue weighted by molar-refractivity contribution is 0.209. The highest BCUT2D eigenvalue weighted by Gasteiger charge is 2.33. The third kappa shape index (κ3) is 1.09. The molecule has 3 heteroatoms. The first-order valence-corrected chi connectivity index (χ1v) is 3.03. The van der Waals surface area contributed by atoms with Crippen LogP contribution in [0.2, 0.25) is 0 Å². The molecule has 0 aromatic heterocycles. The number of hydrogen-bond donors (Lipinski definition) is 1. The zero-order valence-corrected chi connectivity index (χ0v) is 5.64. The maximum absolute atomic E-state index is 13.0. The molecule has 0 heterocycles. The summed E-state index contributed by atoms with van der Waals surface area (Å²) < 4.78 is 25.5. The van der Waals surface area contributed by atoms with Gasteiger partial charge in [0.1, 0.15) is 11.5 Å².